The van der Waals surface area contributed by atoms with E-state index in [1.165, 1.54) is 18.4 Å². The minimum Gasteiger partial charge on any atom is -0.503 e. The molecule has 0 unspecified atom stereocenters. The number of ether oxygens (including phenoxy) is 1. The Morgan fingerprint density at radius 2 is 2.25 bits per heavy atom. The number of aromatic hydroxyl groups is 1. The van der Waals surface area contributed by atoms with Gasteiger partial charge in [-0.05, 0) is 53.0 Å². The zero-order valence-electron chi connectivity index (χ0n) is 9.29. The molecule has 1 aromatic carbocycles. The number of halogens is 1. The molecular weight excluding hydrogens is 270 g/mol. The second kappa shape index (κ2) is 5.06. The molecule has 2 rings (SSSR count). The number of methoxy groups -OCH3 is 1. The first-order chi connectivity index (χ1) is 7.72. The number of hydrogen-bond acceptors (Lipinski definition) is 3. The van der Waals surface area contributed by atoms with E-state index in [2.05, 4.69) is 21.2 Å². The third-order valence-electron chi connectivity index (χ3n) is 2.98. The van der Waals surface area contributed by atoms with Crippen LogP contribution in [0.1, 0.15) is 30.9 Å². The van der Waals surface area contributed by atoms with E-state index in [9.17, 15) is 5.11 Å². The Morgan fingerprint density at radius 3 is 2.88 bits per heavy atom. The SMILES string of the molecule is COc1cc([C@@H]2CCCCN2)cc(Br)c1O. The van der Waals surface area contributed by atoms with Gasteiger partial charge in [-0.2, -0.15) is 0 Å². The summed E-state index contributed by atoms with van der Waals surface area (Å²) in [6, 6.07) is 4.24. The first-order valence-electron chi connectivity index (χ1n) is 5.52. The van der Waals surface area contributed by atoms with E-state index in [1.807, 2.05) is 12.1 Å². The lowest BCUT2D eigenvalue weighted by Crippen LogP contribution is -2.26. The van der Waals surface area contributed by atoms with Crippen LogP contribution in [0.4, 0.5) is 0 Å². The van der Waals surface area contributed by atoms with E-state index < -0.39 is 0 Å². The van der Waals surface area contributed by atoms with E-state index in [-0.39, 0.29) is 5.75 Å². The molecule has 16 heavy (non-hydrogen) atoms. The lowest BCUT2D eigenvalue weighted by molar-refractivity contribution is 0.367. The summed E-state index contributed by atoms with van der Waals surface area (Å²) in [6.45, 7) is 1.06. The van der Waals surface area contributed by atoms with Crippen molar-refractivity contribution in [2.24, 2.45) is 0 Å². The molecule has 1 aliphatic heterocycles. The van der Waals surface area contributed by atoms with Crippen LogP contribution in [0.5, 0.6) is 11.5 Å². The molecule has 0 amide bonds. The van der Waals surface area contributed by atoms with E-state index >= 15 is 0 Å². The molecule has 88 valence electrons. The maximum absolute atomic E-state index is 9.73. The number of hydrogen-bond donors (Lipinski definition) is 2. The fourth-order valence-electron chi connectivity index (χ4n) is 2.09. The number of phenols is 1. The normalized spacial score (nSPS) is 20.8. The van der Waals surface area contributed by atoms with Crippen molar-refractivity contribution in [3.63, 3.8) is 0 Å². The third kappa shape index (κ3) is 2.33. The Hall–Kier alpha value is -0.740. The van der Waals surface area contributed by atoms with Gasteiger partial charge in [0.1, 0.15) is 0 Å². The van der Waals surface area contributed by atoms with Crippen molar-refractivity contribution < 1.29 is 9.84 Å². The predicted molar refractivity (Wildman–Crippen MR) is 67.0 cm³/mol. The van der Waals surface area contributed by atoms with Crippen molar-refractivity contribution >= 4 is 15.9 Å². The predicted octanol–water partition coefficient (Wildman–Crippen LogP) is 2.98. The van der Waals surface area contributed by atoms with Crippen LogP contribution in [0.3, 0.4) is 0 Å². The zero-order chi connectivity index (χ0) is 11.5. The largest absolute Gasteiger partial charge is 0.503 e. The topological polar surface area (TPSA) is 41.5 Å². The van der Waals surface area contributed by atoms with E-state index in [0.29, 0.717) is 16.3 Å². The number of nitrogens with one attached hydrogen (secondary N) is 1. The molecule has 1 aromatic rings. The van der Waals surface area contributed by atoms with E-state index in [1.54, 1.807) is 7.11 Å². The third-order valence-corrected chi connectivity index (χ3v) is 3.59. The zero-order valence-corrected chi connectivity index (χ0v) is 10.9. The summed E-state index contributed by atoms with van der Waals surface area (Å²) < 4.78 is 5.84. The van der Waals surface area contributed by atoms with Gasteiger partial charge >= 0.3 is 0 Å². The Bertz CT molecular complexity index is 376. The highest BCUT2D eigenvalue weighted by molar-refractivity contribution is 9.10. The average Bonchev–Trinajstić information content (AvgIpc) is 2.33. The molecule has 0 aromatic heterocycles. The molecule has 0 bridgehead atoms. The molecule has 2 N–H and O–H groups in total. The number of rotatable bonds is 2. The van der Waals surface area contributed by atoms with Gasteiger partial charge < -0.3 is 15.2 Å². The van der Waals surface area contributed by atoms with Gasteiger partial charge in [-0.1, -0.05) is 6.42 Å². The molecule has 4 heteroatoms. The van der Waals surface area contributed by atoms with Crippen molar-refractivity contribution in [2.75, 3.05) is 13.7 Å². The number of benzene rings is 1. The Kier molecular flexibility index (Phi) is 3.71. The van der Waals surface area contributed by atoms with Crippen LogP contribution in [0, 0.1) is 0 Å². The van der Waals surface area contributed by atoms with Gasteiger partial charge in [-0.3, -0.25) is 0 Å². The van der Waals surface area contributed by atoms with Crippen LogP contribution in [0.25, 0.3) is 0 Å². The second-order valence-electron chi connectivity index (χ2n) is 4.06. The van der Waals surface area contributed by atoms with Gasteiger partial charge in [0, 0.05) is 6.04 Å². The number of phenolic OH excluding ortho intramolecular Hbond substituents is 1. The monoisotopic (exact) mass is 285 g/mol. The second-order valence-corrected chi connectivity index (χ2v) is 4.91. The lowest BCUT2D eigenvalue weighted by Gasteiger charge is -2.24. The van der Waals surface area contributed by atoms with Crippen LogP contribution in [-0.4, -0.2) is 18.8 Å². The first kappa shape index (κ1) is 11.7. The van der Waals surface area contributed by atoms with E-state index in [4.69, 9.17) is 4.74 Å². The molecule has 1 atom stereocenters. The van der Waals surface area contributed by atoms with Gasteiger partial charge in [0.25, 0.3) is 0 Å². The minimum atomic E-state index is 0.169. The highest BCUT2D eigenvalue weighted by Crippen LogP contribution is 2.38. The molecule has 0 spiro atoms. The van der Waals surface area contributed by atoms with Gasteiger partial charge in [0.2, 0.25) is 0 Å². The van der Waals surface area contributed by atoms with Crippen molar-refractivity contribution in [3.8, 4) is 11.5 Å². The number of piperidine rings is 1. The minimum absolute atomic E-state index is 0.169. The summed E-state index contributed by atoms with van der Waals surface area (Å²) in [5.41, 5.74) is 1.17. The fraction of sp³-hybridized carbons (Fsp3) is 0.500. The van der Waals surface area contributed by atoms with Gasteiger partial charge in [-0.15, -0.1) is 0 Å². The standard InChI is InChI=1S/C12H16BrNO2/c1-16-11-7-8(6-9(13)12(11)15)10-4-2-3-5-14-10/h6-7,10,14-15H,2-5H2,1H3/t10-/m0/s1. The maximum atomic E-state index is 9.73. The first-order valence-corrected chi connectivity index (χ1v) is 6.31. The summed E-state index contributed by atoms with van der Waals surface area (Å²) >= 11 is 3.35. The van der Waals surface area contributed by atoms with Crippen molar-refractivity contribution in [1.82, 2.24) is 5.32 Å². The van der Waals surface area contributed by atoms with Crippen LogP contribution in [-0.2, 0) is 0 Å². The van der Waals surface area contributed by atoms with Crippen molar-refractivity contribution in [1.29, 1.82) is 0 Å². The van der Waals surface area contributed by atoms with Gasteiger partial charge in [0.15, 0.2) is 11.5 Å². The maximum Gasteiger partial charge on any atom is 0.172 e. The van der Waals surface area contributed by atoms with Crippen LogP contribution in [0.2, 0.25) is 0 Å². The fourth-order valence-corrected chi connectivity index (χ4v) is 2.55. The molecule has 1 heterocycles. The Balaban J connectivity index is 2.29. The lowest BCUT2D eigenvalue weighted by atomic mass is 9.97. The molecule has 1 fully saturated rings. The highest BCUT2D eigenvalue weighted by atomic mass is 79.9. The molecule has 0 aliphatic carbocycles. The smallest absolute Gasteiger partial charge is 0.172 e. The highest BCUT2D eigenvalue weighted by Gasteiger charge is 2.18. The molecule has 0 saturated carbocycles. The summed E-state index contributed by atoms with van der Waals surface area (Å²) in [4.78, 5) is 0. The molecule has 1 saturated heterocycles. The Morgan fingerprint density at radius 1 is 1.44 bits per heavy atom. The summed E-state index contributed by atoms with van der Waals surface area (Å²) in [7, 11) is 1.57. The molecule has 3 nitrogen and oxygen atoms in total. The summed E-state index contributed by atoms with van der Waals surface area (Å²) in [5, 5.41) is 13.2. The van der Waals surface area contributed by atoms with Gasteiger partial charge in [-0.25, -0.2) is 0 Å². The molecular formula is C12H16BrNO2. The van der Waals surface area contributed by atoms with Crippen LogP contribution in [0.15, 0.2) is 16.6 Å². The quantitative estimate of drug-likeness (QED) is 0.878. The summed E-state index contributed by atoms with van der Waals surface area (Å²) in [5.74, 6) is 0.693. The van der Waals surface area contributed by atoms with Crippen LogP contribution < -0.4 is 10.1 Å². The average molecular weight is 286 g/mol. The van der Waals surface area contributed by atoms with E-state index in [0.717, 1.165) is 13.0 Å². The summed E-state index contributed by atoms with van der Waals surface area (Å²) in [6.07, 6.45) is 3.63. The van der Waals surface area contributed by atoms with Crippen molar-refractivity contribution in [2.45, 2.75) is 25.3 Å². The molecule has 1 aliphatic rings. The van der Waals surface area contributed by atoms with Crippen molar-refractivity contribution in [3.05, 3.63) is 22.2 Å². The molecule has 0 radical (unpaired) electrons. The van der Waals surface area contributed by atoms with Gasteiger partial charge in [0.05, 0.1) is 11.6 Å². The Labute approximate surface area is 104 Å². The van der Waals surface area contributed by atoms with Crippen LogP contribution >= 0.6 is 15.9 Å².